The summed E-state index contributed by atoms with van der Waals surface area (Å²) in [6.45, 7) is 9.15. The Balaban J connectivity index is 2.05. The van der Waals surface area contributed by atoms with Crippen molar-refractivity contribution >= 4 is 0 Å². The minimum Gasteiger partial charge on any atom is -0.326 e. The first-order valence-electron chi connectivity index (χ1n) is 8.54. The Morgan fingerprint density at radius 3 is 2.48 bits per heavy atom. The number of likely N-dealkylation sites (tertiary alicyclic amines) is 1. The molecule has 1 aliphatic heterocycles. The van der Waals surface area contributed by atoms with Gasteiger partial charge in [0.15, 0.2) is 0 Å². The van der Waals surface area contributed by atoms with Crippen molar-refractivity contribution in [1.82, 2.24) is 9.88 Å². The molecule has 2 atom stereocenters. The summed E-state index contributed by atoms with van der Waals surface area (Å²) in [6, 6.07) is 4.46. The first-order valence-corrected chi connectivity index (χ1v) is 8.54. The first kappa shape index (κ1) is 16.4. The van der Waals surface area contributed by atoms with Crippen LogP contribution in [0.5, 0.6) is 0 Å². The second-order valence-corrected chi connectivity index (χ2v) is 6.58. The second-order valence-electron chi connectivity index (χ2n) is 6.58. The lowest BCUT2D eigenvalue weighted by atomic mass is 9.83. The Kier molecular flexibility index (Phi) is 5.77. The summed E-state index contributed by atoms with van der Waals surface area (Å²) in [5.74, 6) is 0. The standard InChI is InChI=1S/C18H31N3/c1-4-15-9-10-16(20-14-15)13-17(19)18(3,5-2)21-11-7-6-8-12-21/h9-10,14,17H,4-8,11-13,19H2,1-3H3. The highest BCUT2D eigenvalue weighted by Crippen LogP contribution is 2.28. The first-order chi connectivity index (χ1) is 10.1. The number of hydrogen-bond donors (Lipinski definition) is 1. The number of nitrogens with two attached hydrogens (primary N) is 1. The fourth-order valence-corrected chi connectivity index (χ4v) is 3.36. The zero-order valence-electron chi connectivity index (χ0n) is 13.9. The van der Waals surface area contributed by atoms with Crippen molar-refractivity contribution in [2.75, 3.05) is 13.1 Å². The van der Waals surface area contributed by atoms with Gasteiger partial charge in [-0.25, -0.2) is 0 Å². The van der Waals surface area contributed by atoms with Gasteiger partial charge in [-0.15, -0.1) is 0 Å². The quantitative estimate of drug-likeness (QED) is 0.874. The van der Waals surface area contributed by atoms with Gasteiger partial charge in [-0.05, 0) is 57.3 Å². The van der Waals surface area contributed by atoms with Gasteiger partial charge in [0.2, 0.25) is 0 Å². The van der Waals surface area contributed by atoms with Gasteiger partial charge in [0.05, 0.1) is 0 Å². The lowest BCUT2D eigenvalue weighted by Crippen LogP contribution is -2.59. The molecule has 118 valence electrons. The molecule has 0 spiro atoms. The molecule has 21 heavy (non-hydrogen) atoms. The van der Waals surface area contributed by atoms with Crippen LogP contribution in [0.3, 0.4) is 0 Å². The molecule has 0 aliphatic carbocycles. The molecule has 0 bridgehead atoms. The molecule has 2 N–H and O–H groups in total. The van der Waals surface area contributed by atoms with Crippen LogP contribution in [0.2, 0.25) is 0 Å². The minimum atomic E-state index is 0.0888. The third kappa shape index (κ3) is 3.83. The van der Waals surface area contributed by atoms with Crippen molar-refractivity contribution in [3.8, 4) is 0 Å². The largest absolute Gasteiger partial charge is 0.326 e. The van der Waals surface area contributed by atoms with Crippen LogP contribution >= 0.6 is 0 Å². The van der Waals surface area contributed by atoms with E-state index in [9.17, 15) is 0 Å². The van der Waals surface area contributed by atoms with Crippen LogP contribution in [0.1, 0.15) is 57.7 Å². The van der Waals surface area contributed by atoms with Crippen LogP contribution in [0.25, 0.3) is 0 Å². The third-order valence-electron chi connectivity index (χ3n) is 5.32. The van der Waals surface area contributed by atoms with E-state index in [0.29, 0.717) is 0 Å². The SMILES string of the molecule is CCc1ccc(CC(N)C(C)(CC)N2CCCCC2)nc1. The molecule has 2 heterocycles. The van der Waals surface area contributed by atoms with E-state index in [1.807, 2.05) is 6.20 Å². The summed E-state index contributed by atoms with van der Waals surface area (Å²) in [5.41, 5.74) is 9.12. The van der Waals surface area contributed by atoms with Gasteiger partial charge in [-0.1, -0.05) is 26.3 Å². The second kappa shape index (κ2) is 7.37. The van der Waals surface area contributed by atoms with E-state index in [1.54, 1.807) is 0 Å². The average Bonchev–Trinajstić information content (AvgIpc) is 2.55. The Labute approximate surface area is 129 Å². The average molecular weight is 289 g/mol. The number of hydrogen-bond acceptors (Lipinski definition) is 3. The van der Waals surface area contributed by atoms with Crippen LogP contribution in [-0.2, 0) is 12.8 Å². The third-order valence-corrected chi connectivity index (χ3v) is 5.32. The number of nitrogens with zero attached hydrogens (tertiary/aromatic N) is 2. The van der Waals surface area contributed by atoms with Gasteiger partial charge >= 0.3 is 0 Å². The predicted molar refractivity (Wildman–Crippen MR) is 89.4 cm³/mol. The summed E-state index contributed by atoms with van der Waals surface area (Å²) < 4.78 is 0. The minimum absolute atomic E-state index is 0.0888. The Morgan fingerprint density at radius 1 is 1.24 bits per heavy atom. The Morgan fingerprint density at radius 2 is 1.95 bits per heavy atom. The molecule has 2 unspecified atom stereocenters. The highest BCUT2D eigenvalue weighted by molar-refractivity contribution is 5.15. The van der Waals surface area contributed by atoms with Crippen LogP contribution in [0.4, 0.5) is 0 Å². The monoisotopic (exact) mass is 289 g/mol. The lowest BCUT2D eigenvalue weighted by Gasteiger charge is -2.46. The zero-order valence-corrected chi connectivity index (χ0v) is 13.9. The summed E-state index contributed by atoms with van der Waals surface area (Å²) >= 11 is 0. The molecule has 1 aromatic heterocycles. The summed E-state index contributed by atoms with van der Waals surface area (Å²) in [5, 5.41) is 0. The van der Waals surface area contributed by atoms with Gasteiger partial charge in [-0.2, -0.15) is 0 Å². The zero-order chi connectivity index (χ0) is 15.3. The van der Waals surface area contributed by atoms with E-state index in [0.717, 1.165) is 25.0 Å². The van der Waals surface area contributed by atoms with Crippen LogP contribution < -0.4 is 5.73 Å². The Bertz CT molecular complexity index is 423. The van der Waals surface area contributed by atoms with Crippen molar-refractivity contribution in [3.63, 3.8) is 0 Å². The number of aryl methyl sites for hydroxylation is 1. The molecule has 1 fully saturated rings. The molecule has 3 nitrogen and oxygen atoms in total. The van der Waals surface area contributed by atoms with Crippen molar-refractivity contribution in [2.45, 2.75) is 70.9 Å². The maximum absolute atomic E-state index is 6.61. The highest BCUT2D eigenvalue weighted by Gasteiger charge is 2.36. The van der Waals surface area contributed by atoms with Crippen LogP contribution in [0.15, 0.2) is 18.3 Å². The molecule has 3 heteroatoms. The maximum atomic E-state index is 6.61. The van der Waals surface area contributed by atoms with E-state index in [2.05, 4.69) is 42.8 Å². The summed E-state index contributed by atoms with van der Waals surface area (Å²) in [6.07, 6.45) is 8.99. The molecule has 1 aliphatic rings. The number of pyridine rings is 1. The molecule has 0 saturated carbocycles. The van der Waals surface area contributed by atoms with E-state index in [-0.39, 0.29) is 11.6 Å². The molecular formula is C18H31N3. The molecule has 0 radical (unpaired) electrons. The van der Waals surface area contributed by atoms with E-state index >= 15 is 0 Å². The normalized spacial score (nSPS) is 21.0. The summed E-state index contributed by atoms with van der Waals surface area (Å²) in [4.78, 5) is 7.20. The van der Waals surface area contributed by atoms with Gasteiger partial charge in [-0.3, -0.25) is 9.88 Å². The van der Waals surface area contributed by atoms with Gasteiger partial charge < -0.3 is 5.73 Å². The molecule has 2 rings (SSSR count). The van der Waals surface area contributed by atoms with Crippen molar-refractivity contribution in [3.05, 3.63) is 29.6 Å². The molecule has 1 aromatic rings. The molecule has 0 amide bonds. The number of rotatable bonds is 6. The maximum Gasteiger partial charge on any atom is 0.0419 e. The van der Waals surface area contributed by atoms with Crippen molar-refractivity contribution in [1.29, 1.82) is 0 Å². The smallest absolute Gasteiger partial charge is 0.0419 e. The number of piperidine rings is 1. The molecule has 1 saturated heterocycles. The lowest BCUT2D eigenvalue weighted by molar-refractivity contribution is 0.0543. The van der Waals surface area contributed by atoms with E-state index in [4.69, 9.17) is 5.73 Å². The fourth-order valence-electron chi connectivity index (χ4n) is 3.36. The Hall–Kier alpha value is -0.930. The summed E-state index contributed by atoms with van der Waals surface area (Å²) in [7, 11) is 0. The van der Waals surface area contributed by atoms with Gasteiger partial charge in [0.25, 0.3) is 0 Å². The predicted octanol–water partition coefficient (Wildman–Crippen LogP) is 3.17. The fraction of sp³-hybridized carbons (Fsp3) is 0.722. The van der Waals surface area contributed by atoms with Crippen molar-refractivity contribution < 1.29 is 0 Å². The number of aromatic nitrogens is 1. The molecule has 0 aromatic carbocycles. The van der Waals surface area contributed by atoms with E-state index in [1.165, 1.54) is 37.9 Å². The van der Waals surface area contributed by atoms with Crippen LogP contribution in [0, 0.1) is 0 Å². The highest BCUT2D eigenvalue weighted by atomic mass is 15.2. The van der Waals surface area contributed by atoms with E-state index < -0.39 is 0 Å². The van der Waals surface area contributed by atoms with Crippen LogP contribution in [-0.4, -0.2) is 34.6 Å². The topological polar surface area (TPSA) is 42.1 Å². The van der Waals surface area contributed by atoms with Crippen molar-refractivity contribution in [2.24, 2.45) is 5.73 Å². The molecular weight excluding hydrogens is 258 g/mol. The van der Waals surface area contributed by atoms with Gasteiger partial charge in [0, 0.05) is 29.9 Å². The van der Waals surface area contributed by atoms with Gasteiger partial charge in [0.1, 0.15) is 0 Å².